The number of amides is 1. The average Bonchev–Trinajstić information content (AvgIpc) is 2.63. The predicted octanol–water partition coefficient (Wildman–Crippen LogP) is 1.46. The molecule has 0 radical (unpaired) electrons. The van der Waals surface area contributed by atoms with Crippen molar-refractivity contribution in [2.45, 2.75) is 32.8 Å². The molecule has 0 saturated carbocycles. The zero-order valence-corrected chi connectivity index (χ0v) is 15.6. The second-order valence-electron chi connectivity index (χ2n) is 6.54. The van der Waals surface area contributed by atoms with Crippen LogP contribution in [0.4, 0.5) is 0 Å². The summed E-state index contributed by atoms with van der Waals surface area (Å²) in [6.07, 6.45) is -0.698. The molecule has 146 valence electrons. The van der Waals surface area contributed by atoms with Gasteiger partial charge in [-0.2, -0.15) is 0 Å². The summed E-state index contributed by atoms with van der Waals surface area (Å²) in [6.45, 7) is 7.38. The monoisotopic (exact) mass is 375 g/mol. The normalized spacial score (nSPS) is 12.0. The third-order valence-electron chi connectivity index (χ3n) is 4.09. The Bertz CT molecular complexity index is 886. The highest BCUT2D eigenvalue weighted by Gasteiger charge is 2.14. The van der Waals surface area contributed by atoms with Gasteiger partial charge in [0.25, 0.3) is 0 Å². The lowest BCUT2D eigenvalue weighted by Crippen LogP contribution is -2.34. The Labute approximate surface area is 157 Å². The number of aliphatic hydroxyl groups excluding tert-OH is 2. The fourth-order valence-electron chi connectivity index (χ4n) is 2.58. The van der Waals surface area contributed by atoms with Crippen molar-refractivity contribution in [2.75, 3.05) is 19.8 Å². The second kappa shape index (κ2) is 9.34. The van der Waals surface area contributed by atoms with Crippen molar-refractivity contribution in [3.05, 3.63) is 51.9 Å². The number of ether oxygens (including phenoxy) is 1. The zero-order chi connectivity index (χ0) is 20.0. The Morgan fingerprint density at radius 1 is 1.41 bits per heavy atom. The van der Waals surface area contributed by atoms with Crippen LogP contribution >= 0.6 is 0 Å². The van der Waals surface area contributed by atoms with Gasteiger partial charge in [-0.05, 0) is 43.5 Å². The van der Waals surface area contributed by atoms with Crippen LogP contribution < -0.4 is 15.7 Å². The molecule has 2 rings (SSSR count). The number of carbonyl (C=O) groups excluding carboxylic acids is 1. The van der Waals surface area contributed by atoms with Crippen molar-refractivity contribution >= 4 is 16.9 Å². The topological polar surface area (TPSA) is 109 Å². The van der Waals surface area contributed by atoms with Crippen molar-refractivity contribution < 1.29 is 24.2 Å². The molecule has 0 fully saturated rings. The lowest BCUT2D eigenvalue weighted by molar-refractivity contribution is -0.121. The SMILES string of the molecule is C=C(C)COc1ccc2c(C)c(CCC(=O)NC[C@@H](O)CO)c(=O)oc2c1. The van der Waals surface area contributed by atoms with Crippen molar-refractivity contribution in [2.24, 2.45) is 0 Å². The Balaban J connectivity index is 2.14. The molecule has 0 aliphatic heterocycles. The van der Waals surface area contributed by atoms with E-state index in [1.54, 1.807) is 12.1 Å². The molecule has 1 heterocycles. The van der Waals surface area contributed by atoms with Gasteiger partial charge in [-0.3, -0.25) is 4.79 Å². The number of fused-ring (bicyclic) bond motifs is 1. The third kappa shape index (κ3) is 5.67. The van der Waals surface area contributed by atoms with E-state index in [0.717, 1.165) is 16.5 Å². The number of carbonyl (C=O) groups is 1. The molecular formula is C20H25NO6. The van der Waals surface area contributed by atoms with Gasteiger partial charge in [0.05, 0.1) is 12.7 Å². The highest BCUT2D eigenvalue weighted by Crippen LogP contribution is 2.24. The molecule has 27 heavy (non-hydrogen) atoms. The third-order valence-corrected chi connectivity index (χ3v) is 4.09. The van der Waals surface area contributed by atoms with Crippen molar-refractivity contribution in [1.29, 1.82) is 0 Å². The quantitative estimate of drug-likeness (QED) is 0.452. The first-order valence-corrected chi connectivity index (χ1v) is 8.71. The van der Waals surface area contributed by atoms with Crippen molar-refractivity contribution in [1.82, 2.24) is 5.32 Å². The fourth-order valence-corrected chi connectivity index (χ4v) is 2.58. The maximum Gasteiger partial charge on any atom is 0.339 e. The van der Waals surface area contributed by atoms with Gasteiger partial charge in [-0.1, -0.05) is 6.58 Å². The van der Waals surface area contributed by atoms with E-state index in [1.807, 2.05) is 19.9 Å². The van der Waals surface area contributed by atoms with E-state index >= 15 is 0 Å². The number of aliphatic hydroxyl groups is 2. The molecule has 3 N–H and O–H groups in total. The van der Waals surface area contributed by atoms with Gasteiger partial charge < -0.3 is 24.7 Å². The van der Waals surface area contributed by atoms with E-state index in [0.29, 0.717) is 23.5 Å². The zero-order valence-electron chi connectivity index (χ0n) is 15.6. The first kappa shape index (κ1) is 20.7. The van der Waals surface area contributed by atoms with Gasteiger partial charge in [0.2, 0.25) is 5.91 Å². The highest BCUT2D eigenvalue weighted by atomic mass is 16.5. The van der Waals surface area contributed by atoms with Gasteiger partial charge in [0.1, 0.15) is 17.9 Å². The maximum atomic E-state index is 12.3. The van der Waals surface area contributed by atoms with Crippen molar-refractivity contribution in [3.63, 3.8) is 0 Å². The van der Waals surface area contributed by atoms with Crippen LogP contribution in [0.3, 0.4) is 0 Å². The van der Waals surface area contributed by atoms with Crippen LogP contribution in [0.1, 0.15) is 24.5 Å². The van der Waals surface area contributed by atoms with Gasteiger partial charge in [0, 0.05) is 30.0 Å². The lowest BCUT2D eigenvalue weighted by Gasteiger charge is -2.11. The second-order valence-corrected chi connectivity index (χ2v) is 6.54. The Morgan fingerprint density at radius 3 is 2.81 bits per heavy atom. The number of aryl methyl sites for hydroxylation is 1. The number of benzene rings is 1. The standard InChI is InChI=1S/C20H25NO6/c1-12(2)11-26-15-4-5-16-13(3)17(20(25)27-18(16)8-15)6-7-19(24)21-9-14(23)10-22/h4-5,8,14,22-23H,1,6-7,9-11H2,2-3H3,(H,21,24)/t14-/m1/s1. The summed E-state index contributed by atoms with van der Waals surface area (Å²) >= 11 is 0. The molecule has 1 amide bonds. The minimum atomic E-state index is -0.997. The summed E-state index contributed by atoms with van der Waals surface area (Å²) < 4.78 is 11.0. The molecule has 1 aromatic heterocycles. The highest BCUT2D eigenvalue weighted by molar-refractivity contribution is 5.82. The van der Waals surface area contributed by atoms with Crippen LogP contribution in [-0.2, 0) is 11.2 Å². The van der Waals surface area contributed by atoms with Crippen LogP contribution in [0, 0.1) is 6.92 Å². The first-order chi connectivity index (χ1) is 12.8. The van der Waals surface area contributed by atoms with Gasteiger partial charge in [-0.15, -0.1) is 0 Å². The summed E-state index contributed by atoms with van der Waals surface area (Å²) in [7, 11) is 0. The van der Waals surface area contributed by atoms with Crippen LogP contribution in [0.5, 0.6) is 5.75 Å². The Hall–Kier alpha value is -2.64. The largest absolute Gasteiger partial charge is 0.489 e. The molecule has 1 atom stereocenters. The average molecular weight is 375 g/mol. The molecule has 0 aliphatic carbocycles. The number of hydrogen-bond acceptors (Lipinski definition) is 6. The Kier molecular flexibility index (Phi) is 7.15. The van der Waals surface area contributed by atoms with Crippen LogP contribution in [-0.4, -0.2) is 42.0 Å². The summed E-state index contributed by atoms with van der Waals surface area (Å²) in [4.78, 5) is 24.2. The molecule has 1 aromatic carbocycles. The smallest absolute Gasteiger partial charge is 0.339 e. The van der Waals surface area contributed by atoms with E-state index in [-0.39, 0.29) is 25.3 Å². The first-order valence-electron chi connectivity index (χ1n) is 8.71. The molecule has 7 nitrogen and oxygen atoms in total. The molecule has 2 aromatic rings. The number of rotatable bonds is 9. The molecule has 0 aliphatic rings. The maximum absolute atomic E-state index is 12.3. The molecule has 0 bridgehead atoms. The van der Waals surface area contributed by atoms with E-state index in [1.165, 1.54) is 0 Å². The van der Waals surface area contributed by atoms with E-state index < -0.39 is 18.3 Å². The predicted molar refractivity (Wildman–Crippen MR) is 102 cm³/mol. The molecule has 0 spiro atoms. The lowest BCUT2D eigenvalue weighted by atomic mass is 10.0. The summed E-state index contributed by atoms with van der Waals surface area (Å²) in [5, 5.41) is 21.3. The van der Waals surface area contributed by atoms with E-state index in [4.69, 9.17) is 14.3 Å². The summed E-state index contributed by atoms with van der Waals surface area (Å²) in [6, 6.07) is 5.28. The number of hydrogen-bond donors (Lipinski definition) is 3. The number of nitrogens with one attached hydrogen (secondary N) is 1. The van der Waals surface area contributed by atoms with E-state index in [2.05, 4.69) is 11.9 Å². The van der Waals surface area contributed by atoms with Gasteiger partial charge in [-0.25, -0.2) is 4.79 Å². The van der Waals surface area contributed by atoms with Crippen LogP contribution in [0.2, 0.25) is 0 Å². The van der Waals surface area contributed by atoms with E-state index in [9.17, 15) is 14.7 Å². The Morgan fingerprint density at radius 2 is 2.15 bits per heavy atom. The van der Waals surface area contributed by atoms with Crippen molar-refractivity contribution in [3.8, 4) is 5.75 Å². The van der Waals surface area contributed by atoms with Gasteiger partial charge >= 0.3 is 5.63 Å². The molecule has 0 saturated heterocycles. The van der Waals surface area contributed by atoms with Gasteiger partial charge in [0.15, 0.2) is 0 Å². The summed E-state index contributed by atoms with van der Waals surface area (Å²) in [5.41, 5.74) is 2.02. The summed E-state index contributed by atoms with van der Waals surface area (Å²) in [5.74, 6) is 0.271. The molecule has 7 heteroatoms. The van der Waals surface area contributed by atoms with Crippen LogP contribution in [0.15, 0.2) is 39.6 Å². The van der Waals surface area contributed by atoms with Crippen LogP contribution in [0.25, 0.3) is 11.0 Å². The fraction of sp³-hybridized carbons (Fsp3) is 0.400. The minimum absolute atomic E-state index is 0.0341. The molecule has 0 unspecified atom stereocenters. The minimum Gasteiger partial charge on any atom is -0.489 e. The molecular weight excluding hydrogens is 350 g/mol.